The lowest BCUT2D eigenvalue weighted by Gasteiger charge is -2.37. The Kier molecular flexibility index (Phi) is 22.3. The Morgan fingerprint density at radius 2 is 1.21 bits per heavy atom. The maximum absolute atomic E-state index is 9.67. The minimum absolute atomic E-state index is 0.730. The standard InChI is InChI=1S/C17H34N2.C4H10.C2H6.CHF3/c1-16(2)19-14-12-18(13-15-19)11-7-6-10-17-8-4-3-5-9-17;1-4(2)3;1-2;2-1(3)4/h16-17H,3-15H2,1-2H3;4H,1-3H3;1-2H3;1H. The Balaban J connectivity index is 0. The average Bonchev–Trinajstić information content (AvgIpc) is 2.67. The van der Waals surface area contributed by atoms with Gasteiger partial charge in [-0.3, -0.25) is 4.90 Å². The van der Waals surface area contributed by atoms with Gasteiger partial charge >= 0.3 is 6.68 Å². The second kappa shape index (κ2) is 21.0. The minimum atomic E-state index is -3.67. The largest absolute Gasteiger partial charge is 0.379 e. The first-order valence-corrected chi connectivity index (χ1v) is 12.1. The lowest BCUT2D eigenvalue weighted by Crippen LogP contribution is -2.48. The lowest BCUT2D eigenvalue weighted by molar-refractivity contribution is 0.00819. The van der Waals surface area contributed by atoms with Crippen molar-refractivity contribution in [1.82, 2.24) is 9.80 Å². The molecule has 0 unspecified atom stereocenters. The summed E-state index contributed by atoms with van der Waals surface area (Å²) in [7, 11) is 0. The molecule has 0 aromatic rings. The molecule has 2 rings (SSSR count). The van der Waals surface area contributed by atoms with E-state index in [0.29, 0.717) is 0 Å². The van der Waals surface area contributed by atoms with Crippen molar-refractivity contribution in [2.24, 2.45) is 11.8 Å². The van der Waals surface area contributed by atoms with E-state index >= 15 is 0 Å². The molecule has 0 amide bonds. The summed E-state index contributed by atoms with van der Waals surface area (Å²) in [6, 6.07) is 0.730. The quantitative estimate of drug-likeness (QED) is 0.404. The number of halogens is 3. The zero-order valence-electron chi connectivity index (χ0n) is 20.5. The van der Waals surface area contributed by atoms with Crippen LogP contribution < -0.4 is 0 Å². The van der Waals surface area contributed by atoms with Crippen LogP contribution in [-0.4, -0.2) is 55.2 Å². The van der Waals surface area contributed by atoms with Gasteiger partial charge in [0.2, 0.25) is 0 Å². The fourth-order valence-electron chi connectivity index (χ4n) is 3.75. The molecule has 0 bridgehead atoms. The van der Waals surface area contributed by atoms with Crippen LogP contribution >= 0.6 is 0 Å². The zero-order chi connectivity index (χ0) is 22.7. The molecule has 1 saturated carbocycles. The molecule has 29 heavy (non-hydrogen) atoms. The van der Waals surface area contributed by atoms with E-state index < -0.39 is 6.68 Å². The monoisotopic (exact) mass is 424 g/mol. The molecule has 5 heteroatoms. The minimum Gasteiger partial charge on any atom is -0.301 e. The van der Waals surface area contributed by atoms with E-state index in [-0.39, 0.29) is 0 Å². The van der Waals surface area contributed by atoms with E-state index in [2.05, 4.69) is 44.4 Å². The third-order valence-corrected chi connectivity index (χ3v) is 5.20. The molecule has 178 valence electrons. The zero-order valence-corrected chi connectivity index (χ0v) is 20.5. The fraction of sp³-hybridized carbons (Fsp3) is 1.00. The fourth-order valence-corrected chi connectivity index (χ4v) is 3.75. The number of hydrogen-bond donors (Lipinski definition) is 0. The molecule has 0 aromatic carbocycles. The van der Waals surface area contributed by atoms with Crippen molar-refractivity contribution in [2.75, 3.05) is 32.7 Å². The number of piperazine rings is 1. The van der Waals surface area contributed by atoms with Crippen molar-refractivity contribution in [3.63, 3.8) is 0 Å². The van der Waals surface area contributed by atoms with Gasteiger partial charge in [0.15, 0.2) is 0 Å². The Morgan fingerprint density at radius 3 is 1.62 bits per heavy atom. The average molecular weight is 425 g/mol. The first-order chi connectivity index (χ1) is 13.7. The highest BCUT2D eigenvalue weighted by Crippen LogP contribution is 2.27. The van der Waals surface area contributed by atoms with Crippen LogP contribution in [0.2, 0.25) is 0 Å². The highest BCUT2D eigenvalue weighted by atomic mass is 19.4. The number of alkyl halides is 3. The molecule has 0 spiro atoms. The Labute approximate surface area is 180 Å². The number of hydrogen-bond acceptors (Lipinski definition) is 2. The smallest absolute Gasteiger partial charge is 0.301 e. The normalized spacial score (nSPS) is 18.5. The summed E-state index contributed by atoms with van der Waals surface area (Å²) in [5, 5.41) is 0. The second-order valence-electron chi connectivity index (χ2n) is 8.95. The van der Waals surface area contributed by atoms with Crippen LogP contribution in [0, 0.1) is 11.8 Å². The van der Waals surface area contributed by atoms with Crippen LogP contribution in [-0.2, 0) is 0 Å². The molecular weight excluding hydrogens is 373 g/mol. The number of nitrogens with zero attached hydrogens (tertiary/aromatic N) is 2. The van der Waals surface area contributed by atoms with Crippen molar-refractivity contribution in [2.45, 2.75) is 113 Å². The third kappa shape index (κ3) is 22.2. The van der Waals surface area contributed by atoms with Crippen molar-refractivity contribution in [3.8, 4) is 0 Å². The predicted octanol–water partition coefficient (Wildman–Crippen LogP) is 7.63. The van der Waals surface area contributed by atoms with E-state index in [1.807, 2.05) is 13.8 Å². The van der Waals surface area contributed by atoms with E-state index in [4.69, 9.17) is 0 Å². The molecule has 1 heterocycles. The molecule has 0 N–H and O–H groups in total. The number of unbranched alkanes of at least 4 members (excludes halogenated alkanes) is 1. The van der Waals surface area contributed by atoms with Gasteiger partial charge < -0.3 is 4.90 Å². The van der Waals surface area contributed by atoms with Crippen LogP contribution in [0.4, 0.5) is 13.2 Å². The summed E-state index contributed by atoms with van der Waals surface area (Å²) in [5.74, 6) is 1.91. The predicted molar refractivity (Wildman–Crippen MR) is 123 cm³/mol. The van der Waals surface area contributed by atoms with Gasteiger partial charge in [0.05, 0.1) is 0 Å². The molecule has 2 aliphatic rings. The molecule has 2 fully saturated rings. The summed E-state index contributed by atoms with van der Waals surface area (Å²) in [6.45, 7) is 18.0. The van der Waals surface area contributed by atoms with Gasteiger partial charge in [-0.05, 0) is 38.6 Å². The van der Waals surface area contributed by atoms with Gasteiger partial charge in [0, 0.05) is 32.2 Å². The topological polar surface area (TPSA) is 6.48 Å². The summed E-state index contributed by atoms with van der Waals surface area (Å²) < 4.78 is 29.0. The molecule has 1 aliphatic carbocycles. The van der Waals surface area contributed by atoms with Crippen LogP contribution in [0.5, 0.6) is 0 Å². The van der Waals surface area contributed by atoms with Crippen LogP contribution in [0.3, 0.4) is 0 Å². The number of rotatable bonds is 6. The van der Waals surface area contributed by atoms with Crippen molar-refractivity contribution < 1.29 is 13.2 Å². The highest BCUT2D eigenvalue weighted by molar-refractivity contribution is 4.74. The molecule has 1 aliphatic heterocycles. The first kappa shape index (κ1) is 30.9. The SMILES string of the molecule is CC.CC(C)C.CC(C)N1CCN(CCCCC2CCCCC2)CC1.FC(F)F. The van der Waals surface area contributed by atoms with Crippen molar-refractivity contribution >= 4 is 0 Å². The van der Waals surface area contributed by atoms with Gasteiger partial charge in [-0.15, -0.1) is 0 Å². The summed E-state index contributed by atoms with van der Waals surface area (Å²) in [5.41, 5.74) is 0. The summed E-state index contributed by atoms with van der Waals surface area (Å²) in [6.07, 6.45) is 11.9. The van der Waals surface area contributed by atoms with Gasteiger partial charge in [0.25, 0.3) is 0 Å². The highest BCUT2D eigenvalue weighted by Gasteiger charge is 2.18. The van der Waals surface area contributed by atoms with Gasteiger partial charge in [-0.25, -0.2) is 0 Å². The van der Waals surface area contributed by atoms with E-state index in [1.54, 1.807) is 0 Å². The van der Waals surface area contributed by atoms with Gasteiger partial charge in [0.1, 0.15) is 0 Å². The first-order valence-electron chi connectivity index (χ1n) is 12.1. The maximum Gasteiger partial charge on any atom is 0.379 e. The summed E-state index contributed by atoms with van der Waals surface area (Å²) >= 11 is 0. The van der Waals surface area contributed by atoms with E-state index in [1.165, 1.54) is 84.1 Å². The van der Waals surface area contributed by atoms with E-state index in [9.17, 15) is 13.2 Å². The third-order valence-electron chi connectivity index (χ3n) is 5.20. The van der Waals surface area contributed by atoms with Gasteiger partial charge in [-0.1, -0.05) is 79.6 Å². The van der Waals surface area contributed by atoms with Crippen molar-refractivity contribution in [1.29, 1.82) is 0 Å². The molecule has 1 saturated heterocycles. The molecule has 0 aromatic heterocycles. The molecule has 0 atom stereocenters. The maximum atomic E-state index is 9.67. The Hall–Kier alpha value is -0.290. The lowest BCUT2D eigenvalue weighted by atomic mass is 9.86. The second-order valence-corrected chi connectivity index (χ2v) is 8.95. The van der Waals surface area contributed by atoms with Crippen LogP contribution in [0.15, 0.2) is 0 Å². The molecule has 0 radical (unpaired) electrons. The van der Waals surface area contributed by atoms with Crippen LogP contribution in [0.25, 0.3) is 0 Å². The molecule has 2 nitrogen and oxygen atoms in total. The van der Waals surface area contributed by atoms with Crippen LogP contribution in [0.1, 0.15) is 99.8 Å². The van der Waals surface area contributed by atoms with Gasteiger partial charge in [-0.2, -0.15) is 13.2 Å². The Bertz CT molecular complexity index is 300. The molecular formula is C24H51F3N2. The van der Waals surface area contributed by atoms with E-state index in [0.717, 1.165) is 17.9 Å². The summed E-state index contributed by atoms with van der Waals surface area (Å²) in [4.78, 5) is 5.29. The Morgan fingerprint density at radius 1 is 0.759 bits per heavy atom. The van der Waals surface area contributed by atoms with Crippen molar-refractivity contribution in [3.05, 3.63) is 0 Å².